The molecular formula is C13H19N3O3. The second kappa shape index (κ2) is 6.29. The van der Waals surface area contributed by atoms with Crippen molar-refractivity contribution >= 4 is 17.3 Å². The van der Waals surface area contributed by atoms with E-state index in [-0.39, 0.29) is 30.0 Å². The van der Waals surface area contributed by atoms with Gasteiger partial charge in [-0.2, -0.15) is 0 Å². The summed E-state index contributed by atoms with van der Waals surface area (Å²) in [5.41, 5.74) is 6.82. The van der Waals surface area contributed by atoms with Gasteiger partial charge < -0.3 is 11.1 Å². The number of amides is 1. The van der Waals surface area contributed by atoms with Crippen LogP contribution >= 0.6 is 0 Å². The number of nitrogens with one attached hydrogen (secondary N) is 1. The van der Waals surface area contributed by atoms with E-state index in [1.807, 2.05) is 13.8 Å². The van der Waals surface area contributed by atoms with Crippen molar-refractivity contribution in [1.82, 2.24) is 0 Å². The molecule has 0 spiro atoms. The maximum absolute atomic E-state index is 12.0. The lowest BCUT2D eigenvalue weighted by molar-refractivity contribution is -0.384. The van der Waals surface area contributed by atoms with Crippen LogP contribution in [-0.4, -0.2) is 17.4 Å². The van der Waals surface area contributed by atoms with Gasteiger partial charge in [-0.3, -0.25) is 14.9 Å². The van der Waals surface area contributed by atoms with Crippen molar-refractivity contribution < 1.29 is 9.72 Å². The van der Waals surface area contributed by atoms with Gasteiger partial charge in [0.1, 0.15) is 0 Å². The van der Waals surface area contributed by atoms with Crippen molar-refractivity contribution in [3.8, 4) is 0 Å². The van der Waals surface area contributed by atoms with Gasteiger partial charge in [-0.25, -0.2) is 0 Å². The zero-order chi connectivity index (χ0) is 14.6. The SMILES string of the molecule is Cc1cc([N+](=O)[O-])ccc1NC(=O)C(CN)C(C)C. The molecule has 1 aromatic rings. The van der Waals surface area contributed by atoms with E-state index in [9.17, 15) is 14.9 Å². The Labute approximate surface area is 112 Å². The van der Waals surface area contributed by atoms with Gasteiger partial charge in [0.15, 0.2) is 0 Å². The van der Waals surface area contributed by atoms with Gasteiger partial charge >= 0.3 is 0 Å². The number of nitrogens with zero attached hydrogens (tertiary/aromatic N) is 1. The number of hydrogen-bond donors (Lipinski definition) is 2. The van der Waals surface area contributed by atoms with E-state index < -0.39 is 4.92 Å². The van der Waals surface area contributed by atoms with E-state index in [1.54, 1.807) is 13.0 Å². The summed E-state index contributed by atoms with van der Waals surface area (Å²) in [4.78, 5) is 22.2. The van der Waals surface area contributed by atoms with Crippen LogP contribution in [0, 0.1) is 28.9 Å². The normalized spacial score (nSPS) is 12.3. The Kier molecular flexibility index (Phi) is 5.00. The summed E-state index contributed by atoms with van der Waals surface area (Å²) in [5, 5.41) is 13.4. The summed E-state index contributed by atoms with van der Waals surface area (Å²) in [7, 11) is 0. The van der Waals surface area contributed by atoms with Crippen LogP contribution in [0.2, 0.25) is 0 Å². The third-order valence-corrected chi connectivity index (χ3v) is 3.07. The number of carbonyl (C=O) groups excluding carboxylic acids is 1. The highest BCUT2D eigenvalue weighted by Gasteiger charge is 2.21. The van der Waals surface area contributed by atoms with Crippen LogP contribution in [0.25, 0.3) is 0 Å². The predicted molar refractivity (Wildman–Crippen MR) is 73.8 cm³/mol. The first-order valence-corrected chi connectivity index (χ1v) is 6.12. The van der Waals surface area contributed by atoms with Crippen LogP contribution in [0.5, 0.6) is 0 Å². The van der Waals surface area contributed by atoms with Crippen LogP contribution in [0.4, 0.5) is 11.4 Å². The second-order valence-electron chi connectivity index (χ2n) is 4.83. The smallest absolute Gasteiger partial charge is 0.269 e. The number of nitrogens with two attached hydrogens (primary N) is 1. The van der Waals surface area contributed by atoms with Crippen molar-refractivity contribution in [1.29, 1.82) is 0 Å². The first-order chi connectivity index (χ1) is 8.86. The fourth-order valence-electron chi connectivity index (χ4n) is 1.81. The summed E-state index contributed by atoms with van der Waals surface area (Å²) in [6, 6.07) is 4.34. The van der Waals surface area contributed by atoms with Crippen molar-refractivity contribution in [3.05, 3.63) is 33.9 Å². The zero-order valence-corrected chi connectivity index (χ0v) is 11.3. The van der Waals surface area contributed by atoms with Crippen LogP contribution in [0.1, 0.15) is 19.4 Å². The topological polar surface area (TPSA) is 98.3 Å². The zero-order valence-electron chi connectivity index (χ0n) is 11.3. The molecule has 0 saturated carbocycles. The second-order valence-corrected chi connectivity index (χ2v) is 4.83. The van der Waals surface area contributed by atoms with Crippen molar-refractivity contribution in [3.63, 3.8) is 0 Å². The van der Waals surface area contributed by atoms with Crippen LogP contribution in [0.3, 0.4) is 0 Å². The monoisotopic (exact) mass is 265 g/mol. The third-order valence-electron chi connectivity index (χ3n) is 3.07. The van der Waals surface area contributed by atoms with Gasteiger partial charge in [0.05, 0.1) is 10.8 Å². The fraction of sp³-hybridized carbons (Fsp3) is 0.462. The number of carbonyl (C=O) groups is 1. The molecule has 1 rings (SSSR count). The largest absolute Gasteiger partial charge is 0.330 e. The maximum atomic E-state index is 12.0. The Morgan fingerprint density at radius 1 is 1.47 bits per heavy atom. The van der Waals surface area contributed by atoms with E-state index in [0.29, 0.717) is 11.3 Å². The van der Waals surface area contributed by atoms with E-state index in [2.05, 4.69) is 5.32 Å². The number of hydrogen-bond acceptors (Lipinski definition) is 4. The standard InChI is InChI=1S/C13H19N3O3/c1-8(2)11(7-14)13(17)15-12-5-4-10(16(18)19)6-9(12)3/h4-6,8,11H,7,14H2,1-3H3,(H,15,17). The molecule has 0 radical (unpaired) electrons. The summed E-state index contributed by atoms with van der Waals surface area (Å²) in [6.07, 6.45) is 0. The lowest BCUT2D eigenvalue weighted by atomic mass is 9.95. The minimum absolute atomic E-state index is 0.00901. The molecule has 1 unspecified atom stereocenters. The van der Waals surface area contributed by atoms with Crippen molar-refractivity contribution in [2.45, 2.75) is 20.8 Å². The lowest BCUT2D eigenvalue weighted by Gasteiger charge is -2.18. The number of non-ortho nitro benzene ring substituents is 1. The van der Waals surface area contributed by atoms with Crippen molar-refractivity contribution in [2.75, 3.05) is 11.9 Å². The first-order valence-electron chi connectivity index (χ1n) is 6.12. The molecule has 1 atom stereocenters. The Balaban J connectivity index is 2.88. The molecule has 104 valence electrons. The molecule has 0 aromatic heterocycles. The van der Waals surface area contributed by atoms with Gasteiger partial charge in [-0.05, 0) is 24.5 Å². The van der Waals surface area contributed by atoms with Gasteiger partial charge in [-0.1, -0.05) is 13.8 Å². The number of anilines is 1. The van der Waals surface area contributed by atoms with E-state index in [1.165, 1.54) is 12.1 Å². The Morgan fingerprint density at radius 2 is 2.11 bits per heavy atom. The van der Waals surface area contributed by atoms with E-state index >= 15 is 0 Å². The Bertz CT molecular complexity index is 486. The summed E-state index contributed by atoms with van der Waals surface area (Å²) in [6.45, 7) is 5.85. The fourth-order valence-corrected chi connectivity index (χ4v) is 1.81. The van der Waals surface area contributed by atoms with Gasteiger partial charge in [0, 0.05) is 24.4 Å². The highest BCUT2D eigenvalue weighted by molar-refractivity contribution is 5.93. The lowest BCUT2D eigenvalue weighted by Crippen LogP contribution is -2.33. The minimum Gasteiger partial charge on any atom is -0.330 e. The molecule has 3 N–H and O–H groups in total. The number of rotatable bonds is 5. The molecule has 0 fully saturated rings. The molecule has 0 aliphatic heterocycles. The van der Waals surface area contributed by atoms with Crippen molar-refractivity contribution in [2.24, 2.45) is 17.6 Å². The molecule has 6 nitrogen and oxygen atoms in total. The average molecular weight is 265 g/mol. The maximum Gasteiger partial charge on any atom is 0.269 e. The predicted octanol–water partition coefficient (Wildman–Crippen LogP) is 2.07. The molecule has 0 saturated heterocycles. The van der Waals surface area contributed by atoms with E-state index in [4.69, 9.17) is 5.73 Å². The van der Waals surface area contributed by atoms with Gasteiger partial charge in [0.2, 0.25) is 5.91 Å². The highest BCUT2D eigenvalue weighted by Crippen LogP contribution is 2.22. The summed E-state index contributed by atoms with van der Waals surface area (Å²) in [5.74, 6) is -0.285. The molecule has 0 aliphatic rings. The van der Waals surface area contributed by atoms with Gasteiger partial charge in [0.25, 0.3) is 5.69 Å². The first kappa shape index (κ1) is 15.1. The van der Waals surface area contributed by atoms with Crippen LogP contribution < -0.4 is 11.1 Å². The van der Waals surface area contributed by atoms with Gasteiger partial charge in [-0.15, -0.1) is 0 Å². The summed E-state index contributed by atoms with van der Waals surface area (Å²) >= 11 is 0. The Morgan fingerprint density at radius 3 is 2.53 bits per heavy atom. The minimum atomic E-state index is -0.463. The molecule has 6 heteroatoms. The molecule has 0 aliphatic carbocycles. The molecule has 0 bridgehead atoms. The highest BCUT2D eigenvalue weighted by atomic mass is 16.6. The van der Waals surface area contributed by atoms with E-state index in [0.717, 1.165) is 0 Å². The third kappa shape index (κ3) is 3.75. The molecule has 1 amide bonds. The molecule has 1 aromatic carbocycles. The number of aryl methyl sites for hydroxylation is 1. The van der Waals surface area contributed by atoms with Crippen LogP contribution in [-0.2, 0) is 4.79 Å². The number of nitro groups is 1. The average Bonchev–Trinajstić information content (AvgIpc) is 2.31. The number of nitro benzene ring substituents is 1. The quantitative estimate of drug-likeness (QED) is 0.629. The molecule has 19 heavy (non-hydrogen) atoms. The summed E-state index contributed by atoms with van der Waals surface area (Å²) < 4.78 is 0. The van der Waals surface area contributed by atoms with Crippen LogP contribution in [0.15, 0.2) is 18.2 Å². The molecule has 0 heterocycles. The number of benzene rings is 1. The Hall–Kier alpha value is -1.95. The molecular weight excluding hydrogens is 246 g/mol.